The number of nitrogens with zero attached hydrogens (tertiary/aromatic N) is 1. The number of benzene rings is 1. The summed E-state index contributed by atoms with van der Waals surface area (Å²) in [5.41, 5.74) is 2.27. The molecule has 0 N–H and O–H groups in total. The first-order valence-corrected chi connectivity index (χ1v) is 5.31. The highest BCUT2D eigenvalue weighted by Crippen LogP contribution is 2.31. The molecule has 0 saturated heterocycles. The molecule has 0 unspecified atom stereocenters. The molecule has 1 heterocycles. The molecule has 0 atom stereocenters. The molecule has 2 nitrogen and oxygen atoms in total. The first-order valence-electron chi connectivity index (χ1n) is 4.47. The van der Waals surface area contributed by atoms with Crippen LogP contribution in [-0.4, -0.2) is 11.5 Å². The predicted molar refractivity (Wildman–Crippen MR) is 58.8 cm³/mol. The molecule has 0 saturated carbocycles. The third kappa shape index (κ3) is 1.85. The first kappa shape index (κ1) is 10.1. The largest absolute Gasteiger partial charge is 0.480 e. The molecule has 1 aromatic carbocycles. The molecular weight excluding hydrogens is 213 g/mol. The van der Waals surface area contributed by atoms with Crippen LogP contribution in [0.4, 0.5) is 4.39 Å². The Morgan fingerprint density at radius 2 is 2.20 bits per heavy atom. The van der Waals surface area contributed by atoms with Crippen molar-refractivity contribution in [3.8, 4) is 17.0 Å². The van der Waals surface area contributed by atoms with Gasteiger partial charge in [0.1, 0.15) is 5.82 Å². The second kappa shape index (κ2) is 3.98. The molecule has 0 radical (unpaired) electrons. The van der Waals surface area contributed by atoms with Crippen molar-refractivity contribution in [2.75, 3.05) is 7.11 Å². The van der Waals surface area contributed by atoms with Gasteiger partial charge in [0.05, 0.1) is 12.7 Å². The number of methoxy groups -OCH3 is 1. The molecule has 2 aromatic rings. The van der Waals surface area contributed by atoms with Crippen molar-refractivity contribution in [3.05, 3.63) is 35.0 Å². The highest BCUT2D eigenvalue weighted by Gasteiger charge is 2.09. The molecule has 2 rings (SSSR count). The van der Waals surface area contributed by atoms with Crippen LogP contribution in [0.2, 0.25) is 0 Å². The number of halogens is 1. The Labute approximate surface area is 91.5 Å². The number of aromatic nitrogens is 1. The Morgan fingerprint density at radius 3 is 2.87 bits per heavy atom. The molecule has 0 aliphatic carbocycles. The van der Waals surface area contributed by atoms with E-state index in [4.69, 9.17) is 4.74 Å². The number of rotatable bonds is 2. The van der Waals surface area contributed by atoms with E-state index in [2.05, 4.69) is 4.37 Å². The summed E-state index contributed by atoms with van der Waals surface area (Å²) < 4.78 is 22.5. The van der Waals surface area contributed by atoms with E-state index in [9.17, 15) is 4.39 Å². The minimum atomic E-state index is -0.208. The van der Waals surface area contributed by atoms with Crippen LogP contribution in [0.1, 0.15) is 5.56 Å². The molecule has 0 spiro atoms. The molecule has 4 heteroatoms. The molecule has 15 heavy (non-hydrogen) atoms. The summed E-state index contributed by atoms with van der Waals surface area (Å²) in [5, 5.41) is 1.85. The van der Waals surface area contributed by atoms with E-state index in [-0.39, 0.29) is 5.82 Å². The van der Waals surface area contributed by atoms with Gasteiger partial charge < -0.3 is 4.74 Å². The average molecular weight is 223 g/mol. The Kier molecular flexibility index (Phi) is 2.68. The lowest BCUT2D eigenvalue weighted by atomic mass is 10.1. The fraction of sp³-hybridized carbons (Fsp3) is 0.182. The number of aryl methyl sites for hydroxylation is 1. The minimum absolute atomic E-state index is 0.208. The van der Waals surface area contributed by atoms with Crippen LogP contribution in [0, 0.1) is 12.7 Å². The Balaban J connectivity index is 2.50. The fourth-order valence-electron chi connectivity index (χ4n) is 1.33. The van der Waals surface area contributed by atoms with Gasteiger partial charge in [0.25, 0.3) is 0 Å². The van der Waals surface area contributed by atoms with Gasteiger partial charge in [-0.15, -0.1) is 0 Å². The lowest BCUT2D eigenvalue weighted by Gasteiger charge is -2.02. The summed E-state index contributed by atoms with van der Waals surface area (Å²) in [6, 6.07) is 5.12. The molecule has 0 aliphatic heterocycles. The zero-order valence-electron chi connectivity index (χ0n) is 8.45. The summed E-state index contributed by atoms with van der Waals surface area (Å²) in [5.74, 6) is 0.337. The summed E-state index contributed by atoms with van der Waals surface area (Å²) in [4.78, 5) is 0. The molecule has 78 valence electrons. The third-order valence-electron chi connectivity index (χ3n) is 2.21. The third-order valence-corrected chi connectivity index (χ3v) is 2.83. The number of ether oxygens (including phenoxy) is 1. The van der Waals surface area contributed by atoms with Crippen molar-refractivity contribution < 1.29 is 9.13 Å². The summed E-state index contributed by atoms with van der Waals surface area (Å²) in [7, 11) is 1.56. The highest BCUT2D eigenvalue weighted by molar-refractivity contribution is 7.04. The van der Waals surface area contributed by atoms with Crippen molar-refractivity contribution in [1.82, 2.24) is 4.37 Å². The van der Waals surface area contributed by atoms with Gasteiger partial charge in [0, 0.05) is 5.38 Å². The summed E-state index contributed by atoms with van der Waals surface area (Å²) >= 11 is 1.30. The van der Waals surface area contributed by atoms with E-state index in [1.165, 1.54) is 17.6 Å². The fourth-order valence-corrected chi connectivity index (χ4v) is 1.99. The van der Waals surface area contributed by atoms with Crippen LogP contribution in [-0.2, 0) is 0 Å². The highest BCUT2D eigenvalue weighted by atomic mass is 32.1. The first-order chi connectivity index (χ1) is 7.22. The van der Waals surface area contributed by atoms with Crippen molar-refractivity contribution in [1.29, 1.82) is 0 Å². The number of hydrogen-bond acceptors (Lipinski definition) is 3. The monoisotopic (exact) mass is 223 g/mol. The molecule has 0 aliphatic rings. The Hall–Kier alpha value is -1.42. The molecule has 0 bridgehead atoms. The van der Waals surface area contributed by atoms with Gasteiger partial charge in [-0.2, -0.15) is 4.37 Å². The SMILES string of the molecule is COc1nscc1-c1ccc(C)c(F)c1. The summed E-state index contributed by atoms with van der Waals surface area (Å²) in [6.45, 7) is 1.74. The average Bonchev–Trinajstić information content (AvgIpc) is 2.70. The molecule has 0 amide bonds. The Morgan fingerprint density at radius 1 is 1.40 bits per heavy atom. The zero-order valence-corrected chi connectivity index (χ0v) is 9.27. The van der Waals surface area contributed by atoms with Gasteiger partial charge in [-0.05, 0) is 35.6 Å². The normalized spacial score (nSPS) is 10.3. The Bertz CT molecular complexity index is 481. The van der Waals surface area contributed by atoms with E-state index in [0.29, 0.717) is 11.4 Å². The van der Waals surface area contributed by atoms with Crippen LogP contribution in [0.3, 0.4) is 0 Å². The van der Waals surface area contributed by atoms with Gasteiger partial charge in [0.2, 0.25) is 5.88 Å². The summed E-state index contributed by atoms with van der Waals surface area (Å²) in [6.07, 6.45) is 0. The van der Waals surface area contributed by atoms with E-state index in [0.717, 1.165) is 11.1 Å². The van der Waals surface area contributed by atoms with Crippen molar-refractivity contribution in [3.63, 3.8) is 0 Å². The standard InChI is InChI=1S/C11H10FNOS/c1-7-3-4-8(5-10(7)12)9-6-15-13-11(9)14-2/h3-6H,1-2H3. The van der Waals surface area contributed by atoms with E-state index >= 15 is 0 Å². The van der Waals surface area contributed by atoms with Crippen LogP contribution < -0.4 is 4.74 Å². The van der Waals surface area contributed by atoms with E-state index in [1.54, 1.807) is 20.1 Å². The van der Waals surface area contributed by atoms with Crippen molar-refractivity contribution in [2.45, 2.75) is 6.92 Å². The maximum absolute atomic E-state index is 13.3. The maximum Gasteiger partial charge on any atom is 0.232 e. The van der Waals surface area contributed by atoms with E-state index < -0.39 is 0 Å². The second-order valence-corrected chi connectivity index (χ2v) is 3.83. The maximum atomic E-state index is 13.3. The van der Waals surface area contributed by atoms with Crippen LogP contribution in [0.25, 0.3) is 11.1 Å². The van der Waals surface area contributed by atoms with Gasteiger partial charge in [-0.25, -0.2) is 4.39 Å². The molecular formula is C11H10FNOS. The lowest BCUT2D eigenvalue weighted by molar-refractivity contribution is 0.404. The van der Waals surface area contributed by atoms with Crippen LogP contribution in [0.5, 0.6) is 5.88 Å². The lowest BCUT2D eigenvalue weighted by Crippen LogP contribution is -1.87. The van der Waals surface area contributed by atoms with Crippen molar-refractivity contribution >= 4 is 11.5 Å². The van der Waals surface area contributed by atoms with Gasteiger partial charge in [-0.3, -0.25) is 0 Å². The minimum Gasteiger partial charge on any atom is -0.480 e. The zero-order chi connectivity index (χ0) is 10.8. The van der Waals surface area contributed by atoms with Gasteiger partial charge in [-0.1, -0.05) is 12.1 Å². The number of hydrogen-bond donors (Lipinski definition) is 0. The molecule has 1 aromatic heterocycles. The van der Waals surface area contributed by atoms with Crippen molar-refractivity contribution in [2.24, 2.45) is 0 Å². The van der Waals surface area contributed by atoms with E-state index in [1.807, 2.05) is 11.4 Å². The van der Waals surface area contributed by atoms with Gasteiger partial charge >= 0.3 is 0 Å². The smallest absolute Gasteiger partial charge is 0.232 e. The molecule has 0 fully saturated rings. The van der Waals surface area contributed by atoms with Gasteiger partial charge in [0.15, 0.2) is 0 Å². The predicted octanol–water partition coefficient (Wildman–Crippen LogP) is 3.27. The topological polar surface area (TPSA) is 22.1 Å². The second-order valence-electron chi connectivity index (χ2n) is 3.20. The van der Waals surface area contributed by atoms with Crippen LogP contribution >= 0.6 is 11.5 Å². The quantitative estimate of drug-likeness (QED) is 0.779. The van der Waals surface area contributed by atoms with Crippen LogP contribution in [0.15, 0.2) is 23.6 Å².